The van der Waals surface area contributed by atoms with Crippen molar-refractivity contribution >= 4 is 79.5 Å². The van der Waals surface area contributed by atoms with E-state index in [1.807, 2.05) is 12.1 Å². The van der Waals surface area contributed by atoms with Crippen molar-refractivity contribution < 1.29 is 156 Å². The first-order valence-electron chi connectivity index (χ1n) is 14.3. The maximum atomic E-state index is 12.7. The Morgan fingerprint density at radius 3 is 1.55 bits per heavy atom. The number of hydrogen-bond acceptors (Lipinski definition) is 10. The van der Waals surface area contributed by atoms with Crippen LogP contribution >= 0.6 is 30.0 Å². The van der Waals surface area contributed by atoms with Crippen molar-refractivity contribution in [2.75, 3.05) is 50.2 Å². The van der Waals surface area contributed by atoms with E-state index in [9.17, 15) is 22.9 Å². The molecular formula is C31H39B2F2IK2N4O8P. The van der Waals surface area contributed by atoms with Crippen molar-refractivity contribution in [1.82, 2.24) is 0 Å². The van der Waals surface area contributed by atoms with E-state index < -0.39 is 18.8 Å². The van der Waals surface area contributed by atoms with Gasteiger partial charge in [0.2, 0.25) is 5.78 Å². The van der Waals surface area contributed by atoms with Crippen LogP contribution in [-0.2, 0) is 32.9 Å². The number of piperidine rings is 2. The minimum absolute atomic E-state index is 0. The van der Waals surface area contributed by atoms with Gasteiger partial charge >= 0.3 is 116 Å². The Morgan fingerprint density at radius 1 is 0.961 bits per heavy atom. The zero-order valence-corrected chi connectivity index (χ0v) is 38.8. The largest absolute Gasteiger partial charge is 1.00 e. The van der Waals surface area contributed by atoms with Crippen LogP contribution in [0.5, 0.6) is 0 Å². The maximum Gasteiger partial charge on any atom is 1.00 e. The second-order valence-electron chi connectivity index (χ2n) is 9.88. The number of anilines is 2. The Hall–Kier alpha value is -0.107. The van der Waals surface area contributed by atoms with E-state index in [0.717, 1.165) is 90.7 Å². The zero-order chi connectivity index (χ0) is 36.5. The monoisotopic (exact) mass is 891 g/mol. The number of benzene rings is 2. The molecule has 0 bridgehead atoms. The first kappa shape index (κ1) is 57.6. The molecule has 4 rings (SSSR count). The van der Waals surface area contributed by atoms with Gasteiger partial charge in [0, 0.05) is 78.9 Å². The number of hydrogen-bond donors (Lipinski definition) is 0. The SMILES string of the molecule is C#CC1CCN(c2ccc(F)cc2)CC1.COP(=O)(OC)C(=[N+]=[N-])C(C)=O.O=CC1CCN(c2ccc(F)cc2)CC1.O=CO[O-].[B].[B]I.[H-].[K+].[K+]. The molecule has 0 unspecified atom stereocenters. The fourth-order valence-electron chi connectivity index (χ4n) is 4.47. The summed E-state index contributed by atoms with van der Waals surface area (Å²) in [6.45, 7) is 4.63. The number of carbonyl (C=O) groups excluding carboxylic acids is 3. The quantitative estimate of drug-likeness (QED) is 0.0285. The standard InChI is InChI=1S/C13H14FN.C12H14FNO.C5H9N2O4P.CH2O3.BI.B.2K.H/c1-2-11-7-9-15(10-8-11)13-5-3-12(14)4-6-13;13-11-1-3-12(4-2-11)14-7-5-10(9-15)6-8-14;1-4(8)5(7-6)12(9,10-2)11-3;2-1-4-3;1-2;;;;/h1,3-6,11H,7-10H2;1-4,9-10H,5-8H2;1-3H3;1,3H;;;;;/q;;;;;;2*+1;-1/p-1. The average molecular weight is 891 g/mol. The van der Waals surface area contributed by atoms with Gasteiger partial charge in [0.15, 0.2) is 5.70 Å². The van der Waals surface area contributed by atoms with Gasteiger partial charge < -0.3 is 40.7 Å². The van der Waals surface area contributed by atoms with Gasteiger partial charge in [-0.15, -0.1) is 12.3 Å². The van der Waals surface area contributed by atoms with Crippen LogP contribution in [0.4, 0.5) is 20.2 Å². The minimum Gasteiger partial charge on any atom is -1.00 e. The van der Waals surface area contributed by atoms with Crippen LogP contribution in [0.25, 0.3) is 5.53 Å². The molecule has 0 aromatic heterocycles. The number of ketones is 1. The van der Waals surface area contributed by atoms with Crippen LogP contribution < -0.4 is 118 Å². The number of terminal acetylenes is 1. The minimum atomic E-state index is -3.70. The molecule has 2 fully saturated rings. The van der Waals surface area contributed by atoms with Crippen LogP contribution in [0.3, 0.4) is 0 Å². The van der Waals surface area contributed by atoms with Crippen LogP contribution in [0.2, 0.25) is 0 Å². The molecule has 2 saturated heterocycles. The summed E-state index contributed by atoms with van der Waals surface area (Å²) < 4.78 is 45.6. The van der Waals surface area contributed by atoms with Gasteiger partial charge in [-0.2, -0.15) is 27.2 Å². The van der Waals surface area contributed by atoms with E-state index in [1.54, 1.807) is 34.5 Å². The number of halogens is 3. The summed E-state index contributed by atoms with van der Waals surface area (Å²) in [6, 6.07) is 13.2. The predicted octanol–water partition coefficient (Wildman–Crippen LogP) is -1.71. The second-order valence-corrected chi connectivity index (χ2v) is 12.0. The number of nitrogens with zero attached hydrogens (tertiary/aromatic N) is 4. The van der Waals surface area contributed by atoms with Crippen molar-refractivity contribution in [2.45, 2.75) is 32.6 Å². The fourth-order valence-corrected chi connectivity index (χ4v) is 5.46. The van der Waals surface area contributed by atoms with Crippen LogP contribution in [0.1, 0.15) is 34.0 Å². The molecule has 51 heavy (non-hydrogen) atoms. The first-order valence-corrected chi connectivity index (χ1v) is 17.1. The summed E-state index contributed by atoms with van der Waals surface area (Å²) in [7, 11) is -1.51. The van der Waals surface area contributed by atoms with Crippen molar-refractivity contribution in [2.24, 2.45) is 11.8 Å². The number of carbonyl (C=O) groups is 3. The molecule has 0 aliphatic carbocycles. The molecule has 20 heteroatoms. The first-order chi connectivity index (χ1) is 23.0. The van der Waals surface area contributed by atoms with Gasteiger partial charge in [-0.25, -0.2) is 13.3 Å². The van der Waals surface area contributed by atoms with Gasteiger partial charge in [0.25, 0.3) is 6.47 Å². The summed E-state index contributed by atoms with van der Waals surface area (Å²) in [5.74, 6) is 2.37. The summed E-state index contributed by atoms with van der Waals surface area (Å²) in [6.07, 6.45) is 10.3. The molecule has 12 nitrogen and oxygen atoms in total. The Morgan fingerprint density at radius 2 is 1.31 bits per heavy atom. The number of Topliss-reactive ketones (excluding diaryl/α,β-unsaturated/α-hetero) is 1. The second kappa shape index (κ2) is 34.4. The Kier molecular flexibility index (Phi) is 38.8. The van der Waals surface area contributed by atoms with E-state index in [4.69, 9.17) is 22.0 Å². The van der Waals surface area contributed by atoms with Crippen molar-refractivity contribution in [3.63, 3.8) is 0 Å². The summed E-state index contributed by atoms with van der Waals surface area (Å²) in [4.78, 5) is 39.6. The van der Waals surface area contributed by atoms with Crippen LogP contribution in [0, 0.1) is 35.8 Å². The van der Waals surface area contributed by atoms with Gasteiger partial charge in [0.05, 0.1) is 0 Å². The molecule has 0 N–H and O–H groups in total. The molecule has 0 atom stereocenters. The van der Waals surface area contributed by atoms with Crippen molar-refractivity contribution in [3.05, 3.63) is 65.7 Å². The van der Waals surface area contributed by atoms with E-state index in [-0.39, 0.29) is 137 Å². The maximum absolute atomic E-state index is 12.7. The van der Waals surface area contributed by atoms with Crippen LogP contribution in [0.15, 0.2) is 48.5 Å². The van der Waals surface area contributed by atoms with Gasteiger partial charge in [0.1, 0.15) is 17.9 Å². The summed E-state index contributed by atoms with van der Waals surface area (Å²) >= 11 is 1.65. The van der Waals surface area contributed by atoms with E-state index in [1.165, 1.54) is 24.3 Å². The van der Waals surface area contributed by atoms with E-state index >= 15 is 0 Å². The van der Waals surface area contributed by atoms with E-state index in [2.05, 4.69) is 40.1 Å². The smallest absolute Gasteiger partial charge is 1.00 e. The normalized spacial score (nSPS) is 13.4. The molecule has 2 aromatic rings. The predicted molar refractivity (Wildman–Crippen MR) is 192 cm³/mol. The van der Waals surface area contributed by atoms with Crippen molar-refractivity contribution in [1.29, 1.82) is 0 Å². The number of aldehydes is 1. The third-order valence-electron chi connectivity index (χ3n) is 7.04. The molecule has 2 aliphatic rings. The molecule has 0 spiro atoms. The van der Waals surface area contributed by atoms with Crippen molar-refractivity contribution in [3.8, 4) is 12.3 Å². The molecule has 0 saturated carbocycles. The van der Waals surface area contributed by atoms with Gasteiger partial charge in [-0.05, 0) is 74.2 Å². The third kappa shape index (κ3) is 22.8. The summed E-state index contributed by atoms with van der Waals surface area (Å²) in [5.41, 5.74) is 14.3. The Balaban J connectivity index is -0.000000192. The van der Waals surface area contributed by atoms with Crippen LogP contribution in [-0.4, -0.2) is 83.3 Å². The van der Waals surface area contributed by atoms with E-state index in [0.29, 0.717) is 5.92 Å². The topological polar surface area (TPSA) is 162 Å². The fraction of sp³-hybridized carbons (Fsp3) is 0.419. The summed E-state index contributed by atoms with van der Waals surface area (Å²) in [5, 5.41) is 8.43. The Bertz CT molecular complexity index is 1400. The molecule has 2 aliphatic heterocycles. The average Bonchev–Trinajstić information content (AvgIpc) is 3.14. The molecular weight excluding hydrogens is 852 g/mol. The third-order valence-corrected chi connectivity index (χ3v) is 8.92. The number of rotatable bonds is 8. The zero-order valence-electron chi connectivity index (χ0n) is 30.5. The molecule has 0 amide bonds. The molecule has 2 aromatic carbocycles. The van der Waals surface area contributed by atoms with Gasteiger partial charge in [-0.1, -0.05) is 0 Å². The molecule has 2 heterocycles. The Labute approximate surface area is 402 Å². The molecule has 5 radical (unpaired) electrons. The van der Waals surface area contributed by atoms with Gasteiger partial charge in [-0.3, -0.25) is 9.59 Å². The molecule has 265 valence electrons.